The topological polar surface area (TPSA) is 91.7 Å². The van der Waals surface area contributed by atoms with Gasteiger partial charge in [-0.15, -0.1) is 0 Å². The molecule has 5 heteroatoms. The van der Waals surface area contributed by atoms with Gasteiger partial charge in [-0.05, 0) is 11.6 Å². The van der Waals surface area contributed by atoms with Crippen LogP contribution >= 0.6 is 0 Å². The van der Waals surface area contributed by atoms with E-state index in [1.165, 1.54) is 6.08 Å². The molecule has 0 fully saturated rings. The van der Waals surface area contributed by atoms with Gasteiger partial charge in [-0.2, -0.15) is 0 Å². The highest BCUT2D eigenvalue weighted by Crippen LogP contribution is 2.14. The van der Waals surface area contributed by atoms with Crippen LogP contribution in [0.4, 0.5) is 0 Å². The maximum atomic E-state index is 10.8. The summed E-state index contributed by atoms with van der Waals surface area (Å²) in [6.07, 6.45) is 1.50. The zero-order chi connectivity index (χ0) is 12.8. The minimum Gasteiger partial charge on any atom is -0.480 e. The molecule has 0 saturated carbocycles. The van der Waals surface area contributed by atoms with Gasteiger partial charge in [0, 0.05) is 5.57 Å². The minimum absolute atomic E-state index is 0.250. The number of hydrogen-bond donors (Lipinski definition) is 2. The summed E-state index contributed by atoms with van der Waals surface area (Å²) in [6, 6.07) is 8.44. The van der Waals surface area contributed by atoms with Gasteiger partial charge in [0.25, 0.3) is 0 Å². The summed E-state index contributed by atoms with van der Waals surface area (Å²) < 4.78 is 0. The number of carboxylic acids is 2. The normalized spacial score (nSPS) is 11.2. The largest absolute Gasteiger partial charge is 0.480 e. The average molecular weight is 234 g/mol. The predicted octanol–water partition coefficient (Wildman–Crippen LogP) is 1.05. The van der Waals surface area contributed by atoms with Gasteiger partial charge in [0.1, 0.15) is 6.29 Å². The maximum Gasteiger partial charge on any atom is 0.322 e. The second kappa shape index (κ2) is 5.60. The Morgan fingerprint density at radius 2 is 1.59 bits per heavy atom. The van der Waals surface area contributed by atoms with Gasteiger partial charge in [0.15, 0.2) is 5.92 Å². The highest BCUT2D eigenvalue weighted by Gasteiger charge is 2.29. The maximum absolute atomic E-state index is 10.8. The van der Waals surface area contributed by atoms with E-state index < -0.39 is 17.9 Å². The van der Waals surface area contributed by atoms with Crippen molar-refractivity contribution in [2.24, 2.45) is 5.92 Å². The Bertz CT molecular complexity index is 447. The second-order valence-electron chi connectivity index (χ2n) is 3.28. The van der Waals surface area contributed by atoms with E-state index in [1.807, 2.05) is 0 Å². The smallest absolute Gasteiger partial charge is 0.322 e. The van der Waals surface area contributed by atoms with Gasteiger partial charge in [-0.1, -0.05) is 30.3 Å². The summed E-state index contributed by atoms with van der Waals surface area (Å²) in [4.78, 5) is 32.3. The minimum atomic E-state index is -1.84. The number of rotatable bonds is 5. The molecule has 0 aliphatic rings. The SMILES string of the molecule is O=CC(=Cc1ccccc1)C(C(=O)O)C(=O)O. The van der Waals surface area contributed by atoms with Crippen LogP contribution in [0.25, 0.3) is 6.08 Å². The molecule has 1 rings (SSSR count). The molecule has 0 aromatic heterocycles. The highest BCUT2D eigenvalue weighted by molar-refractivity contribution is 6.04. The van der Waals surface area contributed by atoms with Crippen LogP contribution in [0.1, 0.15) is 5.56 Å². The molecule has 88 valence electrons. The lowest BCUT2D eigenvalue weighted by Crippen LogP contribution is -2.26. The summed E-state index contributed by atoms with van der Waals surface area (Å²) >= 11 is 0. The fourth-order valence-corrected chi connectivity index (χ4v) is 1.32. The van der Waals surface area contributed by atoms with Gasteiger partial charge in [-0.3, -0.25) is 14.4 Å². The van der Waals surface area contributed by atoms with E-state index in [2.05, 4.69) is 0 Å². The monoisotopic (exact) mass is 234 g/mol. The quantitative estimate of drug-likeness (QED) is 0.451. The standard InChI is InChI=1S/C12H10O5/c13-7-9(10(11(14)15)12(16)17)6-8-4-2-1-3-5-8/h1-7,10H,(H,14,15)(H,16,17). The van der Waals surface area contributed by atoms with Gasteiger partial charge >= 0.3 is 11.9 Å². The first kappa shape index (κ1) is 12.6. The van der Waals surface area contributed by atoms with Gasteiger partial charge in [-0.25, -0.2) is 0 Å². The van der Waals surface area contributed by atoms with Crippen molar-refractivity contribution in [3.8, 4) is 0 Å². The lowest BCUT2D eigenvalue weighted by atomic mass is 9.98. The molecule has 0 spiro atoms. The molecule has 0 unspecified atom stereocenters. The third-order valence-corrected chi connectivity index (χ3v) is 2.10. The number of aliphatic carboxylic acids is 2. The third kappa shape index (κ3) is 3.27. The lowest BCUT2D eigenvalue weighted by Gasteiger charge is -2.06. The first-order chi connectivity index (χ1) is 8.06. The Morgan fingerprint density at radius 1 is 1.06 bits per heavy atom. The molecule has 1 aromatic rings. The molecule has 5 nitrogen and oxygen atoms in total. The third-order valence-electron chi connectivity index (χ3n) is 2.10. The number of benzene rings is 1. The number of aldehydes is 1. The summed E-state index contributed by atoms with van der Waals surface area (Å²) in [5.74, 6) is -4.97. The zero-order valence-corrected chi connectivity index (χ0v) is 8.74. The van der Waals surface area contributed by atoms with E-state index in [-0.39, 0.29) is 11.9 Å². The van der Waals surface area contributed by atoms with E-state index in [9.17, 15) is 14.4 Å². The van der Waals surface area contributed by atoms with Gasteiger partial charge in [0.05, 0.1) is 0 Å². The fourth-order valence-electron chi connectivity index (χ4n) is 1.32. The van der Waals surface area contributed by atoms with E-state index in [0.717, 1.165) is 0 Å². The molecule has 0 aliphatic heterocycles. The van der Waals surface area contributed by atoms with Crippen molar-refractivity contribution in [2.75, 3.05) is 0 Å². The van der Waals surface area contributed by atoms with Crippen LogP contribution in [0.15, 0.2) is 35.9 Å². The van der Waals surface area contributed by atoms with Crippen LogP contribution in [-0.4, -0.2) is 28.4 Å². The van der Waals surface area contributed by atoms with Crippen molar-refractivity contribution in [1.82, 2.24) is 0 Å². The molecule has 0 amide bonds. The Morgan fingerprint density at radius 3 is 2.00 bits per heavy atom. The molecule has 17 heavy (non-hydrogen) atoms. The molecule has 0 aliphatic carbocycles. The predicted molar refractivity (Wildman–Crippen MR) is 59.2 cm³/mol. The highest BCUT2D eigenvalue weighted by atomic mass is 16.4. The Hall–Kier alpha value is -2.43. The van der Waals surface area contributed by atoms with Gasteiger partial charge < -0.3 is 10.2 Å². The number of hydrogen-bond acceptors (Lipinski definition) is 3. The van der Waals surface area contributed by atoms with Crippen LogP contribution in [0.5, 0.6) is 0 Å². The first-order valence-electron chi connectivity index (χ1n) is 4.73. The zero-order valence-electron chi connectivity index (χ0n) is 8.74. The van der Waals surface area contributed by atoms with Crippen molar-refractivity contribution in [1.29, 1.82) is 0 Å². The molecule has 0 atom stereocenters. The summed E-state index contributed by atoms with van der Waals surface area (Å²) in [5.41, 5.74) is 0.276. The summed E-state index contributed by atoms with van der Waals surface area (Å²) in [7, 11) is 0. The van der Waals surface area contributed by atoms with Crippen LogP contribution in [0, 0.1) is 5.92 Å². The Kier molecular flexibility index (Phi) is 4.16. The Labute approximate surface area is 97.0 Å². The average Bonchev–Trinajstić information content (AvgIpc) is 2.28. The fraction of sp³-hybridized carbons (Fsp3) is 0.0833. The van der Waals surface area contributed by atoms with Crippen molar-refractivity contribution >= 4 is 24.3 Å². The van der Waals surface area contributed by atoms with Crippen molar-refractivity contribution in [2.45, 2.75) is 0 Å². The Balaban J connectivity index is 3.14. The van der Waals surface area contributed by atoms with E-state index in [0.29, 0.717) is 5.56 Å². The van der Waals surface area contributed by atoms with Crippen molar-refractivity contribution in [3.05, 3.63) is 41.5 Å². The number of carbonyl (C=O) groups is 3. The molecule has 0 saturated heterocycles. The summed E-state index contributed by atoms with van der Waals surface area (Å²) in [5, 5.41) is 17.5. The lowest BCUT2D eigenvalue weighted by molar-refractivity contribution is -0.152. The molecule has 0 radical (unpaired) electrons. The van der Waals surface area contributed by atoms with E-state index in [4.69, 9.17) is 10.2 Å². The second-order valence-corrected chi connectivity index (χ2v) is 3.28. The number of carboxylic acid groups (broad SMARTS) is 2. The molecular weight excluding hydrogens is 224 g/mol. The first-order valence-corrected chi connectivity index (χ1v) is 4.73. The number of carbonyl (C=O) groups excluding carboxylic acids is 1. The molecular formula is C12H10O5. The molecule has 2 N–H and O–H groups in total. The van der Waals surface area contributed by atoms with E-state index >= 15 is 0 Å². The van der Waals surface area contributed by atoms with Crippen molar-refractivity contribution in [3.63, 3.8) is 0 Å². The van der Waals surface area contributed by atoms with Crippen LogP contribution < -0.4 is 0 Å². The molecule has 1 aromatic carbocycles. The van der Waals surface area contributed by atoms with Crippen LogP contribution in [-0.2, 0) is 14.4 Å². The van der Waals surface area contributed by atoms with Crippen molar-refractivity contribution < 1.29 is 24.6 Å². The van der Waals surface area contributed by atoms with Crippen LogP contribution in [0.2, 0.25) is 0 Å². The summed E-state index contributed by atoms with van der Waals surface area (Å²) in [6.45, 7) is 0. The van der Waals surface area contributed by atoms with Crippen LogP contribution in [0.3, 0.4) is 0 Å². The van der Waals surface area contributed by atoms with Gasteiger partial charge in [0.2, 0.25) is 0 Å². The molecule has 0 bridgehead atoms. The van der Waals surface area contributed by atoms with E-state index in [1.54, 1.807) is 30.3 Å². The molecule has 0 heterocycles.